The quantitative estimate of drug-likeness (QED) is 0.897. The molecule has 2 aliphatic rings. The Morgan fingerprint density at radius 2 is 2.12 bits per heavy atom. The maximum atomic E-state index is 11.6. The number of hydrogen-bond acceptors (Lipinski definition) is 5. The van der Waals surface area contributed by atoms with Crippen molar-refractivity contribution in [2.75, 3.05) is 18.8 Å². The third kappa shape index (κ3) is 2.94. The minimum absolute atomic E-state index is 0.178. The minimum atomic E-state index is 0.178. The molecule has 0 spiro atoms. The molecule has 2 saturated heterocycles. The predicted octanol–water partition coefficient (Wildman–Crippen LogP) is 1.70. The van der Waals surface area contributed by atoms with Gasteiger partial charge in [0.2, 0.25) is 5.91 Å². The standard InChI is InChI=1S/C18H23N5O/c19-18-13-5-1-2-6-14(13)21-16(22-18)11-23-8-4-3-7-15(23)12-9-17(24)20-10-12/h1-2,5-6,12,15H,3-4,7-11H2,(H,20,24)(H2,19,21,22). The topological polar surface area (TPSA) is 84.1 Å². The summed E-state index contributed by atoms with van der Waals surface area (Å²) in [4.78, 5) is 23.2. The summed E-state index contributed by atoms with van der Waals surface area (Å²) < 4.78 is 0. The van der Waals surface area contributed by atoms with Crippen LogP contribution in [0.5, 0.6) is 0 Å². The molecule has 0 saturated carbocycles. The van der Waals surface area contributed by atoms with E-state index >= 15 is 0 Å². The number of nitrogens with zero attached hydrogens (tertiary/aromatic N) is 3. The molecular formula is C18H23N5O. The summed E-state index contributed by atoms with van der Waals surface area (Å²) in [6.07, 6.45) is 4.20. The van der Waals surface area contributed by atoms with E-state index in [9.17, 15) is 4.79 Å². The molecule has 0 aliphatic carbocycles. The summed E-state index contributed by atoms with van der Waals surface area (Å²) in [5, 5.41) is 3.87. The van der Waals surface area contributed by atoms with Crippen LogP contribution < -0.4 is 11.1 Å². The Labute approximate surface area is 141 Å². The van der Waals surface area contributed by atoms with Gasteiger partial charge in [-0.25, -0.2) is 9.97 Å². The summed E-state index contributed by atoms with van der Waals surface area (Å²) in [5.74, 6) is 1.89. The number of carbonyl (C=O) groups is 1. The number of benzene rings is 1. The van der Waals surface area contributed by atoms with Gasteiger partial charge in [-0.3, -0.25) is 9.69 Å². The van der Waals surface area contributed by atoms with E-state index < -0.39 is 0 Å². The third-order valence-electron chi connectivity index (χ3n) is 5.24. The van der Waals surface area contributed by atoms with Gasteiger partial charge in [-0.15, -0.1) is 0 Å². The Bertz CT molecular complexity index is 762. The van der Waals surface area contributed by atoms with E-state index in [1.807, 2.05) is 24.3 Å². The van der Waals surface area contributed by atoms with Crippen molar-refractivity contribution in [3.8, 4) is 0 Å². The highest BCUT2D eigenvalue weighted by Crippen LogP contribution is 2.29. The predicted molar refractivity (Wildman–Crippen MR) is 93.1 cm³/mol. The first-order chi connectivity index (χ1) is 11.7. The van der Waals surface area contributed by atoms with E-state index in [2.05, 4.69) is 15.2 Å². The average Bonchev–Trinajstić information content (AvgIpc) is 3.02. The lowest BCUT2D eigenvalue weighted by Gasteiger charge is -2.38. The molecule has 2 aromatic rings. The van der Waals surface area contributed by atoms with E-state index in [0.29, 0.717) is 30.7 Å². The molecule has 24 heavy (non-hydrogen) atoms. The van der Waals surface area contributed by atoms with Crippen LogP contribution in [-0.2, 0) is 11.3 Å². The Kier molecular flexibility index (Phi) is 4.06. The number of likely N-dealkylation sites (tertiary alicyclic amines) is 1. The fourth-order valence-electron chi connectivity index (χ4n) is 4.05. The van der Waals surface area contributed by atoms with Crippen molar-refractivity contribution in [1.82, 2.24) is 20.2 Å². The summed E-state index contributed by atoms with van der Waals surface area (Å²) in [5.41, 5.74) is 7.01. The van der Waals surface area contributed by atoms with E-state index in [0.717, 1.165) is 36.2 Å². The van der Waals surface area contributed by atoms with Crippen molar-refractivity contribution >= 4 is 22.6 Å². The average molecular weight is 325 g/mol. The van der Waals surface area contributed by atoms with Crippen LogP contribution in [0.4, 0.5) is 5.82 Å². The Morgan fingerprint density at radius 1 is 1.25 bits per heavy atom. The molecule has 2 fully saturated rings. The molecule has 3 heterocycles. The van der Waals surface area contributed by atoms with Gasteiger partial charge in [0.25, 0.3) is 0 Å². The number of nitrogen functional groups attached to an aromatic ring is 1. The fourth-order valence-corrected chi connectivity index (χ4v) is 4.05. The van der Waals surface area contributed by atoms with Crippen molar-refractivity contribution in [3.05, 3.63) is 30.1 Å². The molecule has 126 valence electrons. The minimum Gasteiger partial charge on any atom is -0.383 e. The molecule has 6 nitrogen and oxygen atoms in total. The van der Waals surface area contributed by atoms with Crippen molar-refractivity contribution in [2.45, 2.75) is 38.3 Å². The van der Waals surface area contributed by atoms with Crippen molar-refractivity contribution < 1.29 is 4.79 Å². The number of aromatic nitrogens is 2. The number of anilines is 1. The van der Waals surface area contributed by atoms with Gasteiger partial charge in [-0.2, -0.15) is 0 Å². The molecular weight excluding hydrogens is 302 g/mol. The van der Waals surface area contributed by atoms with Crippen molar-refractivity contribution in [1.29, 1.82) is 0 Å². The second-order valence-corrected chi connectivity index (χ2v) is 6.84. The van der Waals surface area contributed by atoms with Gasteiger partial charge in [-0.05, 0) is 31.5 Å². The number of fused-ring (bicyclic) bond motifs is 1. The monoisotopic (exact) mass is 325 g/mol. The molecule has 2 aliphatic heterocycles. The molecule has 4 rings (SSSR count). The highest BCUT2D eigenvalue weighted by molar-refractivity contribution is 5.87. The van der Waals surface area contributed by atoms with E-state index in [-0.39, 0.29) is 5.91 Å². The van der Waals surface area contributed by atoms with E-state index in [1.165, 1.54) is 12.8 Å². The van der Waals surface area contributed by atoms with Gasteiger partial charge in [0.05, 0.1) is 12.1 Å². The molecule has 1 amide bonds. The van der Waals surface area contributed by atoms with Gasteiger partial charge in [0, 0.05) is 30.3 Å². The lowest BCUT2D eigenvalue weighted by Crippen LogP contribution is -2.44. The van der Waals surface area contributed by atoms with E-state index in [1.54, 1.807) is 0 Å². The summed E-state index contributed by atoms with van der Waals surface area (Å²) in [6.45, 7) is 2.52. The SMILES string of the molecule is Nc1nc(CN2CCCCC2C2CNC(=O)C2)nc2ccccc12. The van der Waals surface area contributed by atoms with Gasteiger partial charge in [0.15, 0.2) is 0 Å². The van der Waals surface area contributed by atoms with Crippen molar-refractivity contribution in [3.63, 3.8) is 0 Å². The molecule has 3 N–H and O–H groups in total. The lowest BCUT2D eigenvalue weighted by atomic mass is 9.89. The van der Waals surface area contributed by atoms with E-state index in [4.69, 9.17) is 10.7 Å². The molecule has 1 aromatic heterocycles. The van der Waals surface area contributed by atoms with Crippen LogP contribution in [0.15, 0.2) is 24.3 Å². The number of nitrogens with two attached hydrogens (primary N) is 1. The van der Waals surface area contributed by atoms with Crippen LogP contribution in [0.2, 0.25) is 0 Å². The number of amides is 1. The second kappa shape index (κ2) is 6.36. The number of nitrogens with one attached hydrogen (secondary N) is 1. The van der Waals surface area contributed by atoms with Gasteiger partial charge < -0.3 is 11.1 Å². The number of hydrogen-bond donors (Lipinski definition) is 2. The van der Waals surface area contributed by atoms with Gasteiger partial charge >= 0.3 is 0 Å². The molecule has 0 radical (unpaired) electrons. The third-order valence-corrected chi connectivity index (χ3v) is 5.24. The highest BCUT2D eigenvalue weighted by Gasteiger charge is 2.34. The zero-order chi connectivity index (χ0) is 16.5. The number of piperidine rings is 1. The first-order valence-electron chi connectivity index (χ1n) is 8.72. The van der Waals surface area contributed by atoms with Crippen LogP contribution in [0.1, 0.15) is 31.5 Å². The fraction of sp³-hybridized carbons (Fsp3) is 0.500. The van der Waals surface area contributed by atoms with Crippen LogP contribution in [0, 0.1) is 5.92 Å². The maximum absolute atomic E-state index is 11.6. The number of para-hydroxylation sites is 1. The molecule has 2 atom stereocenters. The molecule has 6 heteroatoms. The first-order valence-corrected chi connectivity index (χ1v) is 8.72. The summed E-state index contributed by atoms with van der Waals surface area (Å²) in [7, 11) is 0. The summed E-state index contributed by atoms with van der Waals surface area (Å²) in [6, 6.07) is 8.27. The largest absolute Gasteiger partial charge is 0.383 e. The van der Waals surface area contributed by atoms with Crippen LogP contribution in [0.3, 0.4) is 0 Å². The molecule has 0 bridgehead atoms. The maximum Gasteiger partial charge on any atom is 0.220 e. The molecule has 1 aromatic carbocycles. The zero-order valence-corrected chi connectivity index (χ0v) is 13.7. The Hall–Kier alpha value is -2.21. The van der Waals surface area contributed by atoms with Gasteiger partial charge in [0.1, 0.15) is 11.6 Å². The number of rotatable bonds is 3. The van der Waals surface area contributed by atoms with Crippen LogP contribution >= 0.6 is 0 Å². The molecule has 2 unspecified atom stereocenters. The van der Waals surface area contributed by atoms with Crippen molar-refractivity contribution in [2.24, 2.45) is 5.92 Å². The second-order valence-electron chi connectivity index (χ2n) is 6.84. The Balaban J connectivity index is 1.57. The highest BCUT2D eigenvalue weighted by atomic mass is 16.1. The van der Waals surface area contributed by atoms with Crippen LogP contribution in [-0.4, -0.2) is 39.9 Å². The van der Waals surface area contributed by atoms with Gasteiger partial charge in [-0.1, -0.05) is 18.6 Å². The lowest BCUT2D eigenvalue weighted by molar-refractivity contribution is -0.119. The Morgan fingerprint density at radius 3 is 2.96 bits per heavy atom. The normalized spacial score (nSPS) is 25.1. The first kappa shape index (κ1) is 15.3. The smallest absolute Gasteiger partial charge is 0.220 e. The zero-order valence-electron chi connectivity index (χ0n) is 13.7. The number of carbonyl (C=O) groups excluding carboxylic acids is 1. The summed E-state index contributed by atoms with van der Waals surface area (Å²) >= 11 is 0. The van der Waals surface area contributed by atoms with Crippen LogP contribution in [0.25, 0.3) is 10.9 Å².